The van der Waals surface area contributed by atoms with Crippen LogP contribution in [0.15, 0.2) is 59.6 Å². The maximum absolute atomic E-state index is 13.5. The summed E-state index contributed by atoms with van der Waals surface area (Å²) >= 11 is 3.18. The van der Waals surface area contributed by atoms with Crippen molar-refractivity contribution in [2.45, 2.75) is 0 Å². The van der Waals surface area contributed by atoms with Gasteiger partial charge in [-0.25, -0.2) is 9.18 Å². The summed E-state index contributed by atoms with van der Waals surface area (Å²) in [5.74, 6) is -1.85. The Kier molecular flexibility index (Phi) is 5.06. The number of carbonyl (C=O) groups excluding carboxylic acids is 2. The molecule has 0 aromatic heterocycles. The fraction of sp³-hybridized carbons (Fsp3) is 0. The van der Waals surface area contributed by atoms with Gasteiger partial charge in [-0.05, 0) is 48.5 Å². The maximum Gasteiger partial charge on any atom is 0.343 e. The van der Waals surface area contributed by atoms with E-state index in [-0.39, 0.29) is 17.2 Å². The SMILES string of the molecule is C=CC(=O)Nc1ccc(C(=O)Oc2cc(Br)ccc2F)cc1. The largest absolute Gasteiger partial charge is 0.420 e. The molecule has 112 valence electrons. The molecule has 0 atom stereocenters. The van der Waals surface area contributed by atoms with E-state index in [4.69, 9.17) is 4.74 Å². The molecule has 1 amide bonds. The number of carbonyl (C=O) groups is 2. The van der Waals surface area contributed by atoms with Crippen LogP contribution < -0.4 is 10.1 Å². The molecule has 0 radical (unpaired) electrons. The standard InChI is InChI=1S/C16H11BrFNO3/c1-2-15(20)19-12-6-3-10(4-7-12)16(21)22-14-9-11(17)5-8-13(14)18/h2-9H,1H2,(H,19,20). The number of halogens is 2. The summed E-state index contributed by atoms with van der Waals surface area (Å²) in [6.07, 6.45) is 1.14. The molecule has 2 aromatic carbocycles. The lowest BCUT2D eigenvalue weighted by atomic mass is 10.2. The first-order valence-corrected chi connectivity index (χ1v) is 6.99. The molecule has 1 N–H and O–H groups in total. The van der Waals surface area contributed by atoms with Gasteiger partial charge in [0.05, 0.1) is 5.56 Å². The average molecular weight is 364 g/mol. The molecule has 2 rings (SSSR count). The summed E-state index contributed by atoms with van der Waals surface area (Å²) in [6.45, 7) is 3.34. The average Bonchev–Trinajstić information content (AvgIpc) is 2.51. The number of hydrogen-bond acceptors (Lipinski definition) is 3. The normalized spacial score (nSPS) is 9.91. The highest BCUT2D eigenvalue weighted by Gasteiger charge is 2.12. The summed E-state index contributed by atoms with van der Waals surface area (Å²) in [6, 6.07) is 10.1. The second-order valence-electron chi connectivity index (χ2n) is 4.23. The van der Waals surface area contributed by atoms with Gasteiger partial charge in [0.25, 0.3) is 0 Å². The van der Waals surface area contributed by atoms with Crippen molar-refractivity contribution in [2.75, 3.05) is 5.32 Å². The molecule has 6 heteroatoms. The van der Waals surface area contributed by atoms with Crippen LogP contribution in [0.2, 0.25) is 0 Å². The first kappa shape index (κ1) is 15.9. The van der Waals surface area contributed by atoms with Crippen molar-refractivity contribution < 1.29 is 18.7 Å². The Morgan fingerprint density at radius 3 is 2.50 bits per heavy atom. The first-order chi connectivity index (χ1) is 10.5. The molecular formula is C16H11BrFNO3. The van der Waals surface area contributed by atoms with Crippen LogP contribution in [0.25, 0.3) is 0 Å². The molecule has 0 spiro atoms. The van der Waals surface area contributed by atoms with Gasteiger partial charge in [0.15, 0.2) is 11.6 Å². The third kappa shape index (κ3) is 4.02. The van der Waals surface area contributed by atoms with E-state index in [0.29, 0.717) is 10.2 Å². The van der Waals surface area contributed by atoms with E-state index in [1.54, 1.807) is 0 Å². The maximum atomic E-state index is 13.5. The monoisotopic (exact) mass is 363 g/mol. The highest BCUT2D eigenvalue weighted by molar-refractivity contribution is 9.10. The van der Waals surface area contributed by atoms with Crippen LogP contribution in [0, 0.1) is 5.82 Å². The van der Waals surface area contributed by atoms with Gasteiger partial charge in [-0.3, -0.25) is 4.79 Å². The van der Waals surface area contributed by atoms with Crippen molar-refractivity contribution >= 4 is 33.5 Å². The number of esters is 1. The van der Waals surface area contributed by atoms with Crippen molar-refractivity contribution in [2.24, 2.45) is 0 Å². The van der Waals surface area contributed by atoms with E-state index < -0.39 is 11.8 Å². The molecule has 22 heavy (non-hydrogen) atoms. The summed E-state index contributed by atoms with van der Waals surface area (Å²) in [5, 5.41) is 2.55. The Hall–Kier alpha value is -2.47. The van der Waals surface area contributed by atoms with E-state index in [1.165, 1.54) is 42.5 Å². The number of rotatable bonds is 4. The fourth-order valence-corrected chi connectivity index (χ4v) is 1.94. The van der Waals surface area contributed by atoms with Gasteiger partial charge in [-0.1, -0.05) is 22.5 Å². The predicted molar refractivity (Wildman–Crippen MR) is 84.3 cm³/mol. The molecule has 0 heterocycles. The third-order valence-corrected chi connectivity index (χ3v) is 3.16. The van der Waals surface area contributed by atoms with Gasteiger partial charge in [-0.15, -0.1) is 0 Å². The summed E-state index contributed by atoms with van der Waals surface area (Å²) in [7, 11) is 0. The number of benzene rings is 2. The summed E-state index contributed by atoms with van der Waals surface area (Å²) in [4.78, 5) is 23.1. The van der Waals surface area contributed by atoms with Crippen molar-refractivity contribution in [3.05, 3.63) is 71.0 Å². The lowest BCUT2D eigenvalue weighted by Crippen LogP contribution is -2.10. The van der Waals surface area contributed by atoms with Gasteiger partial charge in [0.2, 0.25) is 5.91 Å². The molecule has 2 aromatic rings. The van der Waals surface area contributed by atoms with Crippen LogP contribution in [0.5, 0.6) is 5.75 Å². The minimum atomic E-state index is -0.696. The third-order valence-electron chi connectivity index (χ3n) is 2.67. The van der Waals surface area contributed by atoms with Crippen LogP contribution in [0.3, 0.4) is 0 Å². The predicted octanol–water partition coefficient (Wildman–Crippen LogP) is 3.93. The number of nitrogens with one attached hydrogen (secondary N) is 1. The number of hydrogen-bond donors (Lipinski definition) is 1. The Balaban J connectivity index is 2.11. The molecule has 4 nitrogen and oxygen atoms in total. The Morgan fingerprint density at radius 1 is 1.18 bits per heavy atom. The first-order valence-electron chi connectivity index (χ1n) is 6.20. The Bertz CT molecular complexity index is 729. The van der Waals surface area contributed by atoms with E-state index >= 15 is 0 Å². The van der Waals surface area contributed by atoms with E-state index in [1.807, 2.05) is 0 Å². The quantitative estimate of drug-likeness (QED) is 0.508. The van der Waals surface area contributed by atoms with Gasteiger partial charge in [0.1, 0.15) is 0 Å². The second kappa shape index (κ2) is 7.00. The molecule has 0 fully saturated rings. The number of ether oxygens (including phenoxy) is 1. The zero-order valence-electron chi connectivity index (χ0n) is 11.3. The van der Waals surface area contributed by atoms with Crippen LogP contribution >= 0.6 is 15.9 Å². The Morgan fingerprint density at radius 2 is 1.86 bits per heavy atom. The topological polar surface area (TPSA) is 55.4 Å². The van der Waals surface area contributed by atoms with Gasteiger partial charge in [0, 0.05) is 10.2 Å². The van der Waals surface area contributed by atoms with Crippen molar-refractivity contribution in [1.82, 2.24) is 0 Å². The molecule has 0 unspecified atom stereocenters. The highest BCUT2D eigenvalue weighted by atomic mass is 79.9. The molecule has 0 aliphatic heterocycles. The van der Waals surface area contributed by atoms with Crippen molar-refractivity contribution in [1.29, 1.82) is 0 Å². The van der Waals surface area contributed by atoms with E-state index in [2.05, 4.69) is 27.8 Å². The minimum Gasteiger partial charge on any atom is -0.420 e. The van der Waals surface area contributed by atoms with Crippen molar-refractivity contribution in [3.8, 4) is 5.75 Å². The van der Waals surface area contributed by atoms with E-state index in [9.17, 15) is 14.0 Å². The zero-order valence-corrected chi connectivity index (χ0v) is 12.9. The molecule has 0 bridgehead atoms. The summed E-state index contributed by atoms with van der Waals surface area (Å²) in [5.41, 5.74) is 0.742. The number of amides is 1. The van der Waals surface area contributed by atoms with Gasteiger partial charge in [-0.2, -0.15) is 0 Å². The molecule has 0 saturated heterocycles. The number of anilines is 1. The second-order valence-corrected chi connectivity index (χ2v) is 5.15. The van der Waals surface area contributed by atoms with Gasteiger partial charge < -0.3 is 10.1 Å². The van der Waals surface area contributed by atoms with E-state index in [0.717, 1.165) is 6.08 Å². The smallest absolute Gasteiger partial charge is 0.343 e. The molecule has 0 saturated carbocycles. The molecular weight excluding hydrogens is 353 g/mol. The molecule has 0 aliphatic carbocycles. The van der Waals surface area contributed by atoms with Gasteiger partial charge >= 0.3 is 5.97 Å². The van der Waals surface area contributed by atoms with Crippen molar-refractivity contribution in [3.63, 3.8) is 0 Å². The highest BCUT2D eigenvalue weighted by Crippen LogP contribution is 2.23. The lowest BCUT2D eigenvalue weighted by Gasteiger charge is -2.07. The van der Waals surface area contributed by atoms with Crippen LogP contribution in [0.4, 0.5) is 10.1 Å². The lowest BCUT2D eigenvalue weighted by molar-refractivity contribution is -0.111. The van der Waals surface area contributed by atoms with Crippen LogP contribution in [-0.4, -0.2) is 11.9 Å². The Labute approximate surface area is 134 Å². The van der Waals surface area contributed by atoms with Crippen LogP contribution in [-0.2, 0) is 4.79 Å². The molecule has 0 aliphatic rings. The summed E-state index contributed by atoms with van der Waals surface area (Å²) < 4.78 is 19.1. The minimum absolute atomic E-state index is 0.164. The van der Waals surface area contributed by atoms with Crippen LogP contribution in [0.1, 0.15) is 10.4 Å². The fourth-order valence-electron chi connectivity index (χ4n) is 1.60. The zero-order chi connectivity index (χ0) is 16.1.